The van der Waals surface area contributed by atoms with Gasteiger partial charge in [0.05, 0.1) is 6.61 Å². The Bertz CT molecular complexity index is 862. The van der Waals surface area contributed by atoms with Crippen molar-refractivity contribution in [2.24, 2.45) is 0 Å². The van der Waals surface area contributed by atoms with Gasteiger partial charge in [-0.15, -0.1) is 24.8 Å². The summed E-state index contributed by atoms with van der Waals surface area (Å²) in [6, 6.07) is 6.49. The molecule has 1 N–H and O–H groups in total. The van der Waals surface area contributed by atoms with Crippen molar-refractivity contribution in [1.82, 2.24) is 15.2 Å². The molecule has 1 amide bonds. The number of carbonyl (C=O) groups is 1. The van der Waals surface area contributed by atoms with Gasteiger partial charge in [-0.3, -0.25) is 4.79 Å². The monoisotopic (exact) mass is 489 g/mol. The second kappa shape index (κ2) is 13.8. The molecule has 1 saturated heterocycles. The molecule has 1 aromatic carbocycles. The summed E-state index contributed by atoms with van der Waals surface area (Å²) < 4.78 is 25.5. The molecule has 180 valence electrons. The Morgan fingerprint density at radius 1 is 1.28 bits per heavy atom. The molecule has 6 nitrogen and oxygen atoms in total. The largest absolute Gasteiger partial charge is 0.493 e. The van der Waals surface area contributed by atoms with Crippen molar-refractivity contribution in [2.75, 3.05) is 33.4 Å². The number of rotatable bonds is 8. The molecule has 9 heteroatoms. The van der Waals surface area contributed by atoms with E-state index < -0.39 is 5.82 Å². The lowest BCUT2D eigenvalue weighted by Crippen LogP contribution is -2.48. The number of carbonyl (C=O) groups excluding carboxylic acids is 1. The van der Waals surface area contributed by atoms with Crippen molar-refractivity contribution in [1.29, 1.82) is 0 Å². The number of nitrogens with zero attached hydrogens (tertiary/aromatic N) is 2. The first kappa shape index (κ1) is 28.4. The van der Waals surface area contributed by atoms with E-state index >= 15 is 0 Å². The number of ether oxygens (including phenoxy) is 2. The number of methoxy groups -OCH3 is 1. The van der Waals surface area contributed by atoms with Gasteiger partial charge in [-0.2, -0.15) is 0 Å². The maximum absolute atomic E-state index is 14.5. The van der Waals surface area contributed by atoms with Crippen LogP contribution in [-0.2, 0) is 4.74 Å². The number of aromatic nitrogens is 1. The van der Waals surface area contributed by atoms with Crippen molar-refractivity contribution in [3.63, 3.8) is 0 Å². The Morgan fingerprint density at radius 2 is 2.06 bits per heavy atom. The number of fused-ring (bicyclic) bond motifs is 1. The molecule has 32 heavy (non-hydrogen) atoms. The van der Waals surface area contributed by atoms with Crippen LogP contribution in [0.25, 0.3) is 10.9 Å². The van der Waals surface area contributed by atoms with Gasteiger partial charge in [0.2, 0.25) is 0 Å². The lowest BCUT2D eigenvalue weighted by atomic mass is 10.1. The highest BCUT2D eigenvalue weighted by Crippen LogP contribution is 2.29. The van der Waals surface area contributed by atoms with Gasteiger partial charge in [-0.05, 0) is 45.4 Å². The predicted molar refractivity (Wildman–Crippen MR) is 130 cm³/mol. The van der Waals surface area contributed by atoms with Crippen LogP contribution in [0.1, 0.15) is 50.0 Å². The number of benzene rings is 1. The van der Waals surface area contributed by atoms with Gasteiger partial charge in [0, 0.05) is 50.2 Å². The Kier molecular flexibility index (Phi) is 12.2. The van der Waals surface area contributed by atoms with Crippen LogP contribution in [0, 0.1) is 5.82 Å². The average molecular weight is 490 g/mol. The van der Waals surface area contributed by atoms with Crippen LogP contribution >= 0.6 is 24.8 Å². The molecule has 0 aliphatic carbocycles. The zero-order valence-electron chi connectivity index (χ0n) is 18.9. The van der Waals surface area contributed by atoms with E-state index in [1.165, 1.54) is 6.07 Å². The molecule has 0 spiro atoms. The van der Waals surface area contributed by atoms with Gasteiger partial charge in [0.15, 0.2) is 0 Å². The van der Waals surface area contributed by atoms with Gasteiger partial charge >= 0.3 is 0 Å². The predicted octanol–water partition coefficient (Wildman–Crippen LogP) is 4.63. The minimum Gasteiger partial charge on any atom is -0.493 e. The minimum atomic E-state index is -0.462. The summed E-state index contributed by atoms with van der Waals surface area (Å²) in [7, 11) is 1.64. The van der Waals surface area contributed by atoms with Crippen LogP contribution in [0.3, 0.4) is 0 Å². The summed E-state index contributed by atoms with van der Waals surface area (Å²) in [4.78, 5) is 19.8. The third-order valence-electron chi connectivity index (χ3n) is 5.43. The number of amides is 1. The summed E-state index contributed by atoms with van der Waals surface area (Å²) in [5.74, 6) is -0.177. The van der Waals surface area contributed by atoms with Crippen molar-refractivity contribution < 1.29 is 18.7 Å². The minimum absolute atomic E-state index is 0. The highest BCUT2D eigenvalue weighted by atomic mass is 35.5. The molecular weight excluding hydrogens is 456 g/mol. The van der Waals surface area contributed by atoms with E-state index in [4.69, 9.17) is 9.47 Å². The molecule has 1 atom stereocenters. The number of pyridine rings is 1. The number of nitrogens with one attached hydrogen (secondary N) is 1. The van der Waals surface area contributed by atoms with Crippen molar-refractivity contribution in [3.05, 3.63) is 35.8 Å². The van der Waals surface area contributed by atoms with Gasteiger partial charge in [0.1, 0.15) is 22.8 Å². The van der Waals surface area contributed by atoms with Crippen LogP contribution < -0.4 is 10.1 Å². The Labute approximate surface area is 202 Å². The molecule has 2 aromatic rings. The molecule has 1 aliphatic rings. The van der Waals surface area contributed by atoms with Crippen molar-refractivity contribution >= 4 is 41.6 Å². The van der Waals surface area contributed by atoms with E-state index in [-0.39, 0.29) is 54.0 Å². The van der Waals surface area contributed by atoms with E-state index in [0.717, 1.165) is 32.4 Å². The maximum atomic E-state index is 14.5. The smallest absolute Gasteiger partial charge is 0.273 e. The lowest BCUT2D eigenvalue weighted by Gasteiger charge is -2.34. The average Bonchev–Trinajstić information content (AvgIpc) is 3.00. The van der Waals surface area contributed by atoms with Crippen LogP contribution in [0.5, 0.6) is 5.75 Å². The molecule has 0 saturated carbocycles. The summed E-state index contributed by atoms with van der Waals surface area (Å²) in [5.41, 5.74) is 0.375. The normalized spacial score (nSPS) is 16.1. The van der Waals surface area contributed by atoms with Gasteiger partial charge in [-0.1, -0.05) is 12.5 Å². The Hall–Kier alpha value is -1.67. The van der Waals surface area contributed by atoms with Crippen molar-refractivity contribution in [3.8, 4) is 5.75 Å². The van der Waals surface area contributed by atoms with Gasteiger partial charge in [0.25, 0.3) is 5.91 Å². The first-order chi connectivity index (χ1) is 14.5. The molecule has 1 fully saturated rings. The van der Waals surface area contributed by atoms with Crippen LogP contribution in [0.2, 0.25) is 0 Å². The van der Waals surface area contributed by atoms with Crippen LogP contribution in [0.15, 0.2) is 24.3 Å². The summed E-state index contributed by atoms with van der Waals surface area (Å²) in [6.07, 6.45) is 3.82. The van der Waals surface area contributed by atoms with Crippen LogP contribution in [0.4, 0.5) is 4.39 Å². The fourth-order valence-corrected chi connectivity index (χ4v) is 3.99. The van der Waals surface area contributed by atoms with Crippen LogP contribution in [-0.4, -0.2) is 61.3 Å². The first-order valence-electron chi connectivity index (χ1n) is 10.8. The number of hydrogen-bond donors (Lipinski definition) is 1. The molecule has 1 aliphatic heterocycles. The topological polar surface area (TPSA) is 63.7 Å². The summed E-state index contributed by atoms with van der Waals surface area (Å²) in [5, 5.41) is 3.98. The fourth-order valence-electron chi connectivity index (χ4n) is 3.99. The Balaban J connectivity index is 0.00000256. The molecule has 0 unspecified atom stereocenters. The zero-order valence-corrected chi connectivity index (χ0v) is 20.6. The maximum Gasteiger partial charge on any atom is 0.273 e. The molecule has 0 bridgehead atoms. The Morgan fingerprint density at radius 3 is 2.78 bits per heavy atom. The fraction of sp³-hybridized carbons (Fsp3) is 0.565. The quantitative estimate of drug-likeness (QED) is 0.547. The number of halogens is 3. The standard InChI is InChI=1S/C23H32FN3O3.2ClH/c1-16(2)27(17-8-4-5-11-25-15-17)23(28)20-14-21(30-13-7-12-29-3)18-9-6-10-19(24)22(18)26-20;;/h6,9-10,14,16-17,25H,4-5,7-8,11-13,15H2,1-3H3;2*1H/t17-;;/m1../s1. The molecule has 3 rings (SSSR count). The lowest BCUT2D eigenvalue weighted by molar-refractivity contribution is 0.0594. The summed E-state index contributed by atoms with van der Waals surface area (Å²) >= 11 is 0. The molecular formula is C23H34Cl2FN3O3. The molecule has 0 radical (unpaired) electrons. The van der Waals surface area contributed by atoms with E-state index in [0.29, 0.717) is 30.8 Å². The second-order valence-corrected chi connectivity index (χ2v) is 8.00. The zero-order chi connectivity index (χ0) is 21.5. The third-order valence-corrected chi connectivity index (χ3v) is 5.43. The summed E-state index contributed by atoms with van der Waals surface area (Å²) in [6.45, 7) is 6.72. The number of hydrogen-bond acceptors (Lipinski definition) is 5. The van der Waals surface area contributed by atoms with E-state index in [1.54, 1.807) is 25.3 Å². The SMILES string of the molecule is COCCCOc1cc(C(=O)N(C(C)C)[C@@H]2CCCCNC2)nc2c(F)cccc12.Cl.Cl. The second-order valence-electron chi connectivity index (χ2n) is 8.00. The molecule has 2 heterocycles. The number of para-hydroxylation sites is 1. The van der Waals surface area contributed by atoms with Gasteiger partial charge in [-0.25, -0.2) is 9.37 Å². The highest BCUT2D eigenvalue weighted by Gasteiger charge is 2.29. The third kappa shape index (κ3) is 6.91. The van der Waals surface area contributed by atoms with Gasteiger partial charge < -0.3 is 19.7 Å². The van der Waals surface area contributed by atoms with E-state index in [2.05, 4.69) is 10.3 Å². The van der Waals surface area contributed by atoms with Crippen molar-refractivity contribution in [2.45, 2.75) is 51.6 Å². The van der Waals surface area contributed by atoms with E-state index in [9.17, 15) is 9.18 Å². The van der Waals surface area contributed by atoms with E-state index in [1.807, 2.05) is 18.7 Å². The highest BCUT2D eigenvalue weighted by molar-refractivity contribution is 5.97. The molecule has 1 aromatic heterocycles. The first-order valence-corrected chi connectivity index (χ1v) is 10.8.